The zero-order chi connectivity index (χ0) is 20.5. The van der Waals surface area contributed by atoms with E-state index in [1.165, 1.54) is 4.70 Å². The minimum atomic E-state index is 0.692. The zero-order valence-electron chi connectivity index (χ0n) is 16.2. The van der Waals surface area contributed by atoms with Gasteiger partial charge >= 0.3 is 0 Å². The lowest BCUT2D eigenvalue weighted by atomic mass is 10.1. The Balaban J connectivity index is 0.000000242. The van der Waals surface area contributed by atoms with Gasteiger partial charge in [0.05, 0.1) is 15.2 Å². The molecule has 0 fully saturated rings. The summed E-state index contributed by atoms with van der Waals surface area (Å²) in [7, 11) is 1.88. The fraction of sp³-hybridized carbons (Fsp3) is 0.130. The van der Waals surface area contributed by atoms with Crippen LogP contribution in [0.25, 0.3) is 20.8 Å². The van der Waals surface area contributed by atoms with Crippen molar-refractivity contribution in [3.63, 3.8) is 0 Å². The van der Waals surface area contributed by atoms with Crippen molar-refractivity contribution in [3.8, 4) is 10.6 Å². The van der Waals surface area contributed by atoms with Crippen LogP contribution in [0.1, 0.15) is 13.8 Å². The largest absolute Gasteiger partial charge is 0.388 e. The van der Waals surface area contributed by atoms with Crippen LogP contribution in [0.3, 0.4) is 0 Å². The number of carbonyl (C=O) groups excluding carboxylic acids is 1. The Kier molecular flexibility index (Phi) is 8.18. The maximum atomic E-state index is 10.3. The van der Waals surface area contributed by atoms with Gasteiger partial charge in [-0.25, -0.2) is 4.98 Å². The minimum Gasteiger partial charge on any atom is -0.388 e. The average molecular weight is 411 g/mol. The second-order valence-electron chi connectivity index (χ2n) is 5.88. The summed E-state index contributed by atoms with van der Waals surface area (Å²) in [6.45, 7) is 7.29. The van der Waals surface area contributed by atoms with Crippen LogP contribution in [0.2, 0.25) is 5.02 Å². The molecule has 1 aromatic heterocycles. The van der Waals surface area contributed by atoms with Crippen molar-refractivity contribution in [1.29, 1.82) is 0 Å². The van der Waals surface area contributed by atoms with Crippen LogP contribution in [0.5, 0.6) is 0 Å². The highest BCUT2D eigenvalue weighted by Gasteiger charge is 2.09. The molecular weight excluding hydrogens is 388 g/mol. The van der Waals surface area contributed by atoms with E-state index < -0.39 is 0 Å². The number of aldehydes is 1. The lowest BCUT2D eigenvalue weighted by Gasteiger charge is -2.03. The van der Waals surface area contributed by atoms with E-state index in [0.29, 0.717) is 5.57 Å². The number of carbonyl (C=O) groups is 1. The molecule has 0 radical (unpaired) electrons. The number of aromatic nitrogens is 1. The summed E-state index contributed by atoms with van der Waals surface area (Å²) in [5, 5.41) is 4.76. The molecule has 3 rings (SSSR count). The van der Waals surface area contributed by atoms with Gasteiger partial charge < -0.3 is 5.32 Å². The fourth-order valence-electron chi connectivity index (χ4n) is 2.39. The number of halogens is 1. The molecule has 0 aliphatic heterocycles. The molecule has 0 amide bonds. The number of nitrogens with zero attached hydrogens (tertiary/aromatic N) is 1. The standard InChI is InChI=1S/C14H11ClN2S.C9H12O/c1-16-9-6-7-10(11(15)8-9)14-17-12-4-2-3-5-13(12)18-14;1-4-6-9(7-10)8(3)5-2/h2-8,16H,1H3;4-7H,1H2,2-3H3/b;8-5-,9-6-. The third-order valence-corrected chi connectivity index (χ3v) is 5.48. The molecule has 28 heavy (non-hydrogen) atoms. The number of hydrogen-bond acceptors (Lipinski definition) is 4. The Morgan fingerprint density at radius 1 is 1.25 bits per heavy atom. The van der Waals surface area contributed by atoms with Gasteiger partial charge in [-0.1, -0.05) is 48.5 Å². The first-order valence-electron chi connectivity index (χ1n) is 8.78. The number of rotatable bonds is 5. The second kappa shape index (κ2) is 10.6. The number of allylic oxidation sites excluding steroid dienone is 5. The zero-order valence-corrected chi connectivity index (χ0v) is 17.8. The molecule has 0 saturated heterocycles. The van der Waals surface area contributed by atoms with Gasteiger partial charge in [0.25, 0.3) is 0 Å². The molecule has 0 atom stereocenters. The summed E-state index contributed by atoms with van der Waals surface area (Å²) >= 11 is 7.96. The number of thiazole rings is 1. The van der Waals surface area contributed by atoms with Crippen molar-refractivity contribution < 1.29 is 4.79 Å². The van der Waals surface area contributed by atoms with E-state index in [2.05, 4.69) is 22.9 Å². The lowest BCUT2D eigenvalue weighted by Crippen LogP contribution is -1.88. The van der Waals surface area contributed by atoms with E-state index in [4.69, 9.17) is 11.6 Å². The van der Waals surface area contributed by atoms with Crippen molar-refractivity contribution in [3.05, 3.63) is 83.4 Å². The van der Waals surface area contributed by atoms with Gasteiger partial charge in [0.2, 0.25) is 0 Å². The van der Waals surface area contributed by atoms with Crippen LogP contribution >= 0.6 is 22.9 Å². The van der Waals surface area contributed by atoms with Crippen LogP contribution in [0, 0.1) is 0 Å². The van der Waals surface area contributed by atoms with Crippen LogP contribution in [0.15, 0.2) is 78.4 Å². The number of para-hydroxylation sites is 1. The molecule has 3 aromatic rings. The molecule has 0 saturated carbocycles. The number of fused-ring (bicyclic) bond motifs is 1. The first-order chi connectivity index (χ1) is 13.5. The predicted molar refractivity (Wildman–Crippen MR) is 123 cm³/mol. The summed E-state index contributed by atoms with van der Waals surface area (Å²) in [6.07, 6.45) is 6.03. The Morgan fingerprint density at radius 3 is 2.57 bits per heavy atom. The molecule has 2 aromatic carbocycles. The van der Waals surface area contributed by atoms with Gasteiger partial charge in [0, 0.05) is 23.9 Å². The van der Waals surface area contributed by atoms with E-state index in [-0.39, 0.29) is 0 Å². The van der Waals surface area contributed by atoms with Crippen LogP contribution < -0.4 is 5.32 Å². The van der Waals surface area contributed by atoms with Gasteiger partial charge in [-0.05, 0) is 49.8 Å². The highest BCUT2D eigenvalue weighted by Crippen LogP contribution is 2.35. The molecule has 0 unspecified atom stereocenters. The normalized spacial score (nSPS) is 11.6. The summed E-state index contributed by atoms with van der Waals surface area (Å²) < 4.78 is 1.18. The molecule has 1 N–H and O–H groups in total. The molecule has 0 bridgehead atoms. The van der Waals surface area contributed by atoms with Crippen LogP contribution in [0.4, 0.5) is 5.69 Å². The summed E-state index contributed by atoms with van der Waals surface area (Å²) in [4.78, 5) is 15.0. The van der Waals surface area contributed by atoms with E-state index >= 15 is 0 Å². The SMILES string of the molecule is C=C/C=C(C=O)\C(C)=C/C.CNc1ccc(-c2nc3ccccc3s2)c(Cl)c1. The first-order valence-corrected chi connectivity index (χ1v) is 9.97. The molecule has 0 spiro atoms. The van der Waals surface area contributed by atoms with Crippen LogP contribution in [-0.2, 0) is 4.79 Å². The predicted octanol–water partition coefficient (Wildman–Crippen LogP) is 6.92. The number of benzene rings is 2. The molecule has 5 heteroatoms. The minimum absolute atomic E-state index is 0.692. The van der Waals surface area contributed by atoms with E-state index in [1.807, 2.05) is 63.4 Å². The van der Waals surface area contributed by atoms with Gasteiger partial charge in [-0.15, -0.1) is 11.3 Å². The van der Waals surface area contributed by atoms with E-state index in [9.17, 15) is 4.79 Å². The Morgan fingerprint density at radius 2 is 2.00 bits per heavy atom. The average Bonchev–Trinajstić information content (AvgIpc) is 3.15. The number of hydrogen-bond donors (Lipinski definition) is 1. The highest BCUT2D eigenvalue weighted by molar-refractivity contribution is 7.21. The summed E-state index contributed by atoms with van der Waals surface area (Å²) in [6, 6.07) is 14.0. The molecule has 3 nitrogen and oxygen atoms in total. The van der Waals surface area contributed by atoms with Crippen molar-refractivity contribution >= 4 is 45.1 Å². The lowest BCUT2D eigenvalue weighted by molar-refractivity contribution is -0.104. The monoisotopic (exact) mass is 410 g/mol. The van der Waals surface area contributed by atoms with E-state index in [1.54, 1.807) is 23.5 Å². The molecule has 0 aliphatic rings. The molecular formula is C23H23ClN2OS. The van der Waals surface area contributed by atoms with Crippen molar-refractivity contribution in [2.45, 2.75) is 13.8 Å². The van der Waals surface area contributed by atoms with Gasteiger partial charge in [0.15, 0.2) is 0 Å². The molecule has 144 valence electrons. The van der Waals surface area contributed by atoms with E-state index in [0.717, 1.165) is 38.7 Å². The Hall–Kier alpha value is -2.69. The number of nitrogens with one attached hydrogen (secondary N) is 1. The summed E-state index contributed by atoms with van der Waals surface area (Å²) in [5.41, 5.74) is 4.68. The Bertz CT molecular complexity index is 1000. The third kappa shape index (κ3) is 5.41. The smallest absolute Gasteiger partial charge is 0.150 e. The van der Waals surface area contributed by atoms with Gasteiger partial charge in [0.1, 0.15) is 11.3 Å². The maximum absolute atomic E-state index is 10.3. The van der Waals surface area contributed by atoms with Crippen molar-refractivity contribution in [2.24, 2.45) is 0 Å². The third-order valence-electron chi connectivity index (χ3n) is 4.09. The quantitative estimate of drug-likeness (QED) is 0.282. The fourth-order valence-corrected chi connectivity index (χ4v) is 3.72. The topological polar surface area (TPSA) is 42.0 Å². The molecule has 1 heterocycles. The Labute approximate surface area is 175 Å². The van der Waals surface area contributed by atoms with Crippen LogP contribution in [-0.4, -0.2) is 18.3 Å². The molecule has 0 aliphatic carbocycles. The van der Waals surface area contributed by atoms with Gasteiger partial charge in [-0.2, -0.15) is 0 Å². The number of anilines is 1. The van der Waals surface area contributed by atoms with Crippen molar-refractivity contribution in [2.75, 3.05) is 12.4 Å². The second-order valence-corrected chi connectivity index (χ2v) is 7.32. The summed E-state index contributed by atoms with van der Waals surface area (Å²) in [5.74, 6) is 0. The maximum Gasteiger partial charge on any atom is 0.150 e. The van der Waals surface area contributed by atoms with Gasteiger partial charge in [-0.3, -0.25) is 4.79 Å². The highest BCUT2D eigenvalue weighted by atomic mass is 35.5. The van der Waals surface area contributed by atoms with Crippen molar-refractivity contribution in [1.82, 2.24) is 4.98 Å². The first kappa shape index (κ1) is 21.6.